The summed E-state index contributed by atoms with van der Waals surface area (Å²) in [5.41, 5.74) is 0. The van der Waals surface area contributed by atoms with Gasteiger partial charge in [0.2, 0.25) is 0 Å². The average Bonchev–Trinajstić information content (AvgIpc) is 2.67. The van der Waals surface area contributed by atoms with Crippen molar-refractivity contribution in [2.75, 3.05) is 26.7 Å². The molecule has 0 radical (unpaired) electrons. The zero-order valence-electron chi connectivity index (χ0n) is 9.91. The molecule has 3 heteroatoms. The van der Waals surface area contributed by atoms with Gasteiger partial charge in [-0.15, -0.1) is 0 Å². The van der Waals surface area contributed by atoms with Crippen molar-refractivity contribution in [3.63, 3.8) is 0 Å². The van der Waals surface area contributed by atoms with Crippen LogP contribution in [-0.4, -0.2) is 54.3 Å². The van der Waals surface area contributed by atoms with E-state index in [1.165, 1.54) is 32.4 Å². The second kappa shape index (κ2) is 4.62. The Morgan fingerprint density at radius 1 is 1.13 bits per heavy atom. The van der Waals surface area contributed by atoms with Crippen LogP contribution in [0.25, 0.3) is 0 Å². The number of ketones is 1. The van der Waals surface area contributed by atoms with E-state index in [1.807, 2.05) is 0 Å². The van der Waals surface area contributed by atoms with Gasteiger partial charge in [0.05, 0.1) is 6.04 Å². The number of carbonyl (C=O) groups is 1. The lowest BCUT2D eigenvalue weighted by atomic mass is 10.0. The Balaban J connectivity index is 1.94. The molecule has 0 aliphatic carbocycles. The molecule has 0 amide bonds. The molecule has 15 heavy (non-hydrogen) atoms. The van der Waals surface area contributed by atoms with Gasteiger partial charge >= 0.3 is 0 Å². The first-order chi connectivity index (χ1) is 7.18. The first-order valence-corrected chi connectivity index (χ1v) is 6.13. The molecule has 0 aromatic rings. The van der Waals surface area contributed by atoms with Crippen LogP contribution in [0.4, 0.5) is 0 Å². The smallest absolute Gasteiger partial charge is 0.146 e. The third-order valence-corrected chi connectivity index (χ3v) is 3.92. The van der Waals surface area contributed by atoms with E-state index >= 15 is 0 Å². The Morgan fingerprint density at radius 3 is 2.40 bits per heavy atom. The highest BCUT2D eigenvalue weighted by Gasteiger charge is 2.34. The Labute approximate surface area is 92.4 Å². The van der Waals surface area contributed by atoms with Crippen LogP contribution < -0.4 is 0 Å². The lowest BCUT2D eigenvalue weighted by Crippen LogP contribution is -2.47. The third-order valence-electron chi connectivity index (χ3n) is 3.92. The van der Waals surface area contributed by atoms with Crippen LogP contribution in [-0.2, 0) is 4.79 Å². The molecule has 0 aromatic heterocycles. The summed E-state index contributed by atoms with van der Waals surface area (Å²) >= 11 is 0. The number of piperidine rings is 1. The minimum Gasteiger partial charge on any atom is -0.306 e. The van der Waals surface area contributed by atoms with E-state index in [4.69, 9.17) is 0 Å². The summed E-state index contributed by atoms with van der Waals surface area (Å²) in [5.74, 6) is 0.367. The van der Waals surface area contributed by atoms with E-state index in [9.17, 15) is 4.79 Å². The molecular formula is C12H22N2O. The van der Waals surface area contributed by atoms with E-state index in [-0.39, 0.29) is 6.04 Å². The summed E-state index contributed by atoms with van der Waals surface area (Å²) in [5, 5.41) is 0. The Bertz CT molecular complexity index is 234. The molecule has 3 nitrogen and oxygen atoms in total. The van der Waals surface area contributed by atoms with E-state index in [1.54, 1.807) is 6.92 Å². The van der Waals surface area contributed by atoms with Gasteiger partial charge in [-0.05, 0) is 59.3 Å². The number of hydrogen-bond donors (Lipinski definition) is 0. The maximum absolute atomic E-state index is 11.5. The van der Waals surface area contributed by atoms with Crippen molar-refractivity contribution in [2.45, 2.75) is 44.7 Å². The first-order valence-electron chi connectivity index (χ1n) is 6.13. The van der Waals surface area contributed by atoms with E-state index in [2.05, 4.69) is 16.8 Å². The lowest BCUT2D eigenvalue weighted by molar-refractivity contribution is -0.122. The quantitative estimate of drug-likeness (QED) is 0.683. The zero-order chi connectivity index (χ0) is 10.8. The zero-order valence-corrected chi connectivity index (χ0v) is 9.91. The summed E-state index contributed by atoms with van der Waals surface area (Å²) in [6.45, 7) is 5.26. The van der Waals surface area contributed by atoms with Crippen LogP contribution in [0.15, 0.2) is 0 Å². The van der Waals surface area contributed by atoms with Crippen molar-refractivity contribution in [1.29, 1.82) is 0 Å². The molecule has 0 unspecified atom stereocenters. The van der Waals surface area contributed by atoms with E-state index in [0.29, 0.717) is 11.8 Å². The minimum atomic E-state index is 0.235. The van der Waals surface area contributed by atoms with Crippen LogP contribution in [0.5, 0.6) is 0 Å². The molecule has 2 aliphatic rings. The molecule has 0 bridgehead atoms. The van der Waals surface area contributed by atoms with Gasteiger partial charge in [0, 0.05) is 6.04 Å². The minimum absolute atomic E-state index is 0.235. The molecule has 0 saturated carbocycles. The standard InChI is InChI=1S/C12H22N2O/c1-10(15)12-4-3-7-14(12)11-5-8-13(2)9-6-11/h11-12H,3-9H2,1-2H3/t12-/m0/s1. The largest absolute Gasteiger partial charge is 0.306 e. The van der Waals surface area contributed by atoms with Gasteiger partial charge in [-0.25, -0.2) is 0 Å². The van der Waals surface area contributed by atoms with Crippen molar-refractivity contribution in [2.24, 2.45) is 0 Å². The predicted molar refractivity (Wildman–Crippen MR) is 60.9 cm³/mol. The Morgan fingerprint density at radius 2 is 1.80 bits per heavy atom. The summed E-state index contributed by atoms with van der Waals surface area (Å²) in [7, 11) is 2.18. The fraction of sp³-hybridized carbons (Fsp3) is 0.917. The molecule has 0 aromatic carbocycles. The molecule has 0 spiro atoms. The second-order valence-electron chi connectivity index (χ2n) is 5.04. The van der Waals surface area contributed by atoms with Gasteiger partial charge < -0.3 is 4.90 Å². The number of nitrogens with zero attached hydrogens (tertiary/aromatic N) is 2. The van der Waals surface area contributed by atoms with E-state index in [0.717, 1.165) is 13.0 Å². The predicted octanol–water partition coefficient (Wildman–Crippen LogP) is 1.13. The van der Waals surface area contributed by atoms with Crippen LogP contribution in [0.1, 0.15) is 32.6 Å². The fourth-order valence-electron chi connectivity index (χ4n) is 2.99. The summed E-state index contributed by atoms with van der Waals surface area (Å²) in [6, 6.07) is 0.899. The average molecular weight is 210 g/mol. The highest BCUT2D eigenvalue weighted by molar-refractivity contribution is 5.81. The number of carbonyl (C=O) groups excluding carboxylic acids is 1. The highest BCUT2D eigenvalue weighted by atomic mass is 16.1. The van der Waals surface area contributed by atoms with Gasteiger partial charge in [0.25, 0.3) is 0 Å². The van der Waals surface area contributed by atoms with Gasteiger partial charge in [-0.2, -0.15) is 0 Å². The number of likely N-dealkylation sites (tertiary alicyclic amines) is 2. The number of hydrogen-bond acceptors (Lipinski definition) is 3. The normalized spacial score (nSPS) is 30.9. The molecule has 2 fully saturated rings. The van der Waals surface area contributed by atoms with Crippen LogP contribution in [0.3, 0.4) is 0 Å². The van der Waals surface area contributed by atoms with Crippen molar-refractivity contribution < 1.29 is 4.79 Å². The van der Waals surface area contributed by atoms with Crippen molar-refractivity contribution >= 4 is 5.78 Å². The van der Waals surface area contributed by atoms with E-state index < -0.39 is 0 Å². The van der Waals surface area contributed by atoms with Gasteiger partial charge in [0.15, 0.2) is 0 Å². The van der Waals surface area contributed by atoms with Crippen molar-refractivity contribution in [3.8, 4) is 0 Å². The molecule has 2 aliphatic heterocycles. The number of Topliss-reactive ketones (excluding diaryl/α,β-unsaturated/α-hetero) is 1. The van der Waals surface area contributed by atoms with Crippen LogP contribution >= 0.6 is 0 Å². The molecule has 86 valence electrons. The third kappa shape index (κ3) is 2.40. The summed E-state index contributed by atoms with van der Waals surface area (Å²) in [4.78, 5) is 16.4. The SMILES string of the molecule is CC(=O)[C@@H]1CCCN1C1CCN(C)CC1. The molecule has 2 rings (SSSR count). The number of rotatable bonds is 2. The Kier molecular flexibility index (Phi) is 3.42. The van der Waals surface area contributed by atoms with Crippen LogP contribution in [0, 0.1) is 0 Å². The van der Waals surface area contributed by atoms with Gasteiger partial charge in [0.1, 0.15) is 5.78 Å². The summed E-state index contributed by atoms with van der Waals surface area (Å²) < 4.78 is 0. The fourth-order valence-corrected chi connectivity index (χ4v) is 2.99. The molecule has 0 N–H and O–H groups in total. The molecular weight excluding hydrogens is 188 g/mol. The monoisotopic (exact) mass is 210 g/mol. The maximum atomic E-state index is 11.5. The molecule has 2 saturated heterocycles. The van der Waals surface area contributed by atoms with Gasteiger partial charge in [-0.1, -0.05) is 0 Å². The molecule has 2 heterocycles. The highest BCUT2D eigenvalue weighted by Crippen LogP contribution is 2.25. The van der Waals surface area contributed by atoms with Crippen LogP contribution in [0.2, 0.25) is 0 Å². The topological polar surface area (TPSA) is 23.6 Å². The lowest BCUT2D eigenvalue weighted by Gasteiger charge is -2.37. The second-order valence-corrected chi connectivity index (χ2v) is 5.04. The maximum Gasteiger partial charge on any atom is 0.146 e. The molecule has 1 atom stereocenters. The Hall–Kier alpha value is -0.410. The summed E-state index contributed by atoms with van der Waals surface area (Å²) in [6.07, 6.45) is 4.76. The first kappa shape index (κ1) is 11.1. The van der Waals surface area contributed by atoms with Gasteiger partial charge in [-0.3, -0.25) is 9.69 Å². The van der Waals surface area contributed by atoms with Crippen molar-refractivity contribution in [3.05, 3.63) is 0 Å². The van der Waals surface area contributed by atoms with Crippen molar-refractivity contribution in [1.82, 2.24) is 9.80 Å².